The summed E-state index contributed by atoms with van der Waals surface area (Å²) in [6, 6.07) is 20.2. The number of carbonyl (C=O) groups is 1. The number of hydrogen-bond donors (Lipinski definition) is 0. The lowest BCUT2D eigenvalue weighted by molar-refractivity contribution is -0.149. The quantitative estimate of drug-likeness (QED) is 0.371. The summed E-state index contributed by atoms with van der Waals surface area (Å²) in [7, 11) is 1.41. The lowest BCUT2D eigenvalue weighted by atomic mass is 10.1. The Morgan fingerprint density at radius 1 is 1.10 bits per heavy atom. The van der Waals surface area contributed by atoms with Gasteiger partial charge in [0.15, 0.2) is 5.76 Å². The molecule has 6 heteroatoms. The monoisotopic (exact) mass is 402 g/mol. The van der Waals surface area contributed by atoms with Crippen molar-refractivity contribution in [3.8, 4) is 23.6 Å². The molecule has 1 aliphatic carbocycles. The van der Waals surface area contributed by atoms with Gasteiger partial charge in [0.1, 0.15) is 23.6 Å². The van der Waals surface area contributed by atoms with Gasteiger partial charge in [0.25, 0.3) is 0 Å². The minimum Gasteiger partial charge on any atom is -0.487 e. The molecule has 1 saturated carbocycles. The maximum absolute atomic E-state index is 12.8. The first-order valence-corrected chi connectivity index (χ1v) is 9.49. The number of hydrogen-bond acceptors (Lipinski definition) is 6. The Morgan fingerprint density at radius 3 is 2.43 bits per heavy atom. The average molecular weight is 402 g/mol. The zero-order valence-corrected chi connectivity index (χ0v) is 17.0. The number of allylic oxidation sites excluding steroid dienone is 2. The van der Waals surface area contributed by atoms with Crippen molar-refractivity contribution in [3.05, 3.63) is 72.0 Å². The van der Waals surface area contributed by atoms with Crippen molar-refractivity contribution < 1.29 is 19.0 Å². The molecule has 0 N–H and O–H groups in total. The van der Waals surface area contributed by atoms with Gasteiger partial charge in [-0.3, -0.25) is 4.79 Å². The number of benzene rings is 2. The third-order valence-corrected chi connectivity index (χ3v) is 5.32. The van der Waals surface area contributed by atoms with Crippen LogP contribution in [0, 0.1) is 39.9 Å². The van der Waals surface area contributed by atoms with Crippen LogP contribution in [-0.4, -0.2) is 13.1 Å². The van der Waals surface area contributed by atoms with Crippen molar-refractivity contribution >= 4 is 5.97 Å². The predicted octanol–water partition coefficient (Wildman–Crippen LogP) is 4.91. The number of nitrogens with zero attached hydrogens (tertiary/aromatic N) is 2. The fraction of sp³-hybridized carbons (Fsp3) is 0.292. The summed E-state index contributed by atoms with van der Waals surface area (Å²) < 4.78 is 16.3. The SMILES string of the molecule is COC(C#N)=C[C@@H]1[C@@H](C(=O)O[C@H](C#N)c2cccc(Oc3ccccc3)c2)C1(C)C. The van der Waals surface area contributed by atoms with E-state index in [9.17, 15) is 10.1 Å². The van der Waals surface area contributed by atoms with Crippen LogP contribution >= 0.6 is 0 Å². The Morgan fingerprint density at radius 2 is 1.80 bits per heavy atom. The van der Waals surface area contributed by atoms with Crippen molar-refractivity contribution in [1.82, 2.24) is 0 Å². The van der Waals surface area contributed by atoms with E-state index in [-0.39, 0.29) is 17.1 Å². The highest BCUT2D eigenvalue weighted by Gasteiger charge is 2.62. The normalized spacial score (nSPS) is 20.2. The number of esters is 1. The number of para-hydroxylation sites is 1. The number of carbonyl (C=O) groups excluding carboxylic acids is 1. The van der Waals surface area contributed by atoms with Gasteiger partial charge in [-0.1, -0.05) is 44.2 Å². The first-order valence-electron chi connectivity index (χ1n) is 9.49. The van der Waals surface area contributed by atoms with E-state index < -0.39 is 18.0 Å². The smallest absolute Gasteiger partial charge is 0.311 e. The maximum atomic E-state index is 12.8. The lowest BCUT2D eigenvalue weighted by Gasteiger charge is -2.13. The zero-order valence-electron chi connectivity index (χ0n) is 17.0. The highest BCUT2D eigenvalue weighted by Crippen LogP contribution is 2.60. The molecule has 3 rings (SSSR count). The van der Waals surface area contributed by atoms with Gasteiger partial charge in [-0.15, -0.1) is 0 Å². The number of nitriles is 2. The van der Waals surface area contributed by atoms with E-state index in [0.29, 0.717) is 17.1 Å². The number of ether oxygens (including phenoxy) is 3. The van der Waals surface area contributed by atoms with E-state index >= 15 is 0 Å². The number of rotatable bonds is 7. The van der Waals surface area contributed by atoms with E-state index in [1.54, 1.807) is 30.3 Å². The highest BCUT2D eigenvalue weighted by atomic mass is 16.5. The fourth-order valence-electron chi connectivity index (χ4n) is 3.48. The molecule has 0 bridgehead atoms. The van der Waals surface area contributed by atoms with Gasteiger partial charge >= 0.3 is 5.97 Å². The average Bonchev–Trinajstić information content (AvgIpc) is 3.30. The highest BCUT2D eigenvalue weighted by molar-refractivity contribution is 5.78. The summed E-state index contributed by atoms with van der Waals surface area (Å²) in [4.78, 5) is 12.8. The van der Waals surface area contributed by atoms with Gasteiger partial charge in [-0.25, -0.2) is 0 Å². The summed E-state index contributed by atoms with van der Waals surface area (Å²) in [6.07, 6.45) is 0.581. The second-order valence-corrected chi connectivity index (χ2v) is 7.61. The first-order chi connectivity index (χ1) is 14.4. The predicted molar refractivity (Wildman–Crippen MR) is 109 cm³/mol. The van der Waals surface area contributed by atoms with Crippen molar-refractivity contribution in [2.75, 3.05) is 7.11 Å². The van der Waals surface area contributed by atoms with Crippen LogP contribution in [0.5, 0.6) is 11.5 Å². The summed E-state index contributed by atoms with van der Waals surface area (Å²) in [5.74, 6) is 0.256. The van der Waals surface area contributed by atoms with Crippen molar-refractivity contribution in [2.24, 2.45) is 17.3 Å². The van der Waals surface area contributed by atoms with E-state index in [4.69, 9.17) is 19.5 Å². The molecule has 0 spiro atoms. The third-order valence-electron chi connectivity index (χ3n) is 5.32. The molecule has 3 atom stereocenters. The van der Waals surface area contributed by atoms with Crippen LogP contribution in [0.2, 0.25) is 0 Å². The summed E-state index contributed by atoms with van der Waals surface area (Å²) in [5, 5.41) is 18.6. The zero-order chi connectivity index (χ0) is 21.7. The molecule has 0 unspecified atom stereocenters. The van der Waals surface area contributed by atoms with E-state index in [1.165, 1.54) is 7.11 Å². The van der Waals surface area contributed by atoms with Crippen LogP contribution < -0.4 is 4.74 Å². The Bertz CT molecular complexity index is 1030. The molecular formula is C24H22N2O4. The molecule has 0 aliphatic heterocycles. The maximum Gasteiger partial charge on any atom is 0.311 e. The minimum atomic E-state index is -1.06. The Hall–Kier alpha value is -3.77. The van der Waals surface area contributed by atoms with E-state index in [1.807, 2.05) is 56.3 Å². The molecule has 0 aromatic heterocycles. The molecule has 30 heavy (non-hydrogen) atoms. The Labute approximate surface area is 175 Å². The molecule has 0 radical (unpaired) electrons. The van der Waals surface area contributed by atoms with Gasteiger partial charge < -0.3 is 14.2 Å². The molecule has 1 aliphatic rings. The molecule has 2 aromatic carbocycles. The van der Waals surface area contributed by atoms with Crippen LogP contribution in [0.15, 0.2) is 66.4 Å². The second-order valence-electron chi connectivity index (χ2n) is 7.61. The fourth-order valence-corrected chi connectivity index (χ4v) is 3.48. The van der Waals surface area contributed by atoms with Gasteiger partial charge in [0.05, 0.1) is 13.0 Å². The number of methoxy groups -OCH3 is 1. The third kappa shape index (κ3) is 4.45. The van der Waals surface area contributed by atoms with Gasteiger partial charge in [-0.2, -0.15) is 10.5 Å². The topological polar surface area (TPSA) is 92.3 Å². The summed E-state index contributed by atoms with van der Waals surface area (Å²) in [5.41, 5.74) is 0.148. The standard InChI is InChI=1S/C24H22N2O4/c1-24(2)20(13-19(14-25)28-3)22(24)23(27)30-21(15-26)16-8-7-11-18(12-16)29-17-9-5-4-6-10-17/h4-13,20-22H,1-3H3/t20-,21-,22+/m1/s1. The van der Waals surface area contributed by atoms with E-state index in [0.717, 1.165) is 0 Å². The minimum absolute atomic E-state index is 0.158. The molecule has 2 aromatic rings. The summed E-state index contributed by atoms with van der Waals surface area (Å²) >= 11 is 0. The molecule has 0 amide bonds. The van der Waals surface area contributed by atoms with Crippen molar-refractivity contribution in [3.63, 3.8) is 0 Å². The van der Waals surface area contributed by atoms with Crippen LogP contribution in [0.25, 0.3) is 0 Å². The molecule has 0 heterocycles. The summed E-state index contributed by atoms with van der Waals surface area (Å²) in [6.45, 7) is 3.83. The first kappa shape index (κ1) is 21.0. The molecule has 6 nitrogen and oxygen atoms in total. The molecule has 1 fully saturated rings. The lowest BCUT2D eigenvalue weighted by Crippen LogP contribution is -2.14. The molecule has 0 saturated heterocycles. The molecule has 152 valence electrons. The van der Waals surface area contributed by atoms with Crippen LogP contribution in [-0.2, 0) is 14.3 Å². The van der Waals surface area contributed by atoms with Crippen LogP contribution in [0.3, 0.4) is 0 Å². The Kier molecular flexibility index (Phi) is 6.09. The van der Waals surface area contributed by atoms with Crippen LogP contribution in [0.1, 0.15) is 25.5 Å². The second kappa shape index (κ2) is 8.71. The Balaban J connectivity index is 1.72. The van der Waals surface area contributed by atoms with Crippen molar-refractivity contribution in [1.29, 1.82) is 10.5 Å². The van der Waals surface area contributed by atoms with Crippen molar-refractivity contribution in [2.45, 2.75) is 20.0 Å². The largest absolute Gasteiger partial charge is 0.487 e. The van der Waals surface area contributed by atoms with E-state index in [2.05, 4.69) is 0 Å². The van der Waals surface area contributed by atoms with Gasteiger partial charge in [-0.05, 0) is 35.8 Å². The van der Waals surface area contributed by atoms with Gasteiger partial charge in [0, 0.05) is 11.5 Å². The molecular weight excluding hydrogens is 380 g/mol. The van der Waals surface area contributed by atoms with Crippen LogP contribution in [0.4, 0.5) is 0 Å². The van der Waals surface area contributed by atoms with Gasteiger partial charge in [0.2, 0.25) is 6.10 Å².